The Hall–Kier alpha value is -0.840. The van der Waals surface area contributed by atoms with Gasteiger partial charge in [-0.25, -0.2) is 0 Å². The average molecular weight is 291 g/mol. The molecular formula is C11H12Cl2N2OS. The molecule has 0 radical (unpaired) electrons. The molecule has 0 aliphatic rings. The van der Waals surface area contributed by atoms with Crippen molar-refractivity contribution in [1.82, 2.24) is 5.32 Å². The van der Waals surface area contributed by atoms with Crippen molar-refractivity contribution in [2.24, 2.45) is 0 Å². The van der Waals surface area contributed by atoms with Crippen molar-refractivity contribution in [1.29, 1.82) is 0 Å². The fraction of sp³-hybridized carbons (Fsp3) is 0.273. The van der Waals surface area contributed by atoms with E-state index in [4.69, 9.17) is 35.4 Å². The van der Waals surface area contributed by atoms with Crippen LogP contribution in [-0.2, 0) is 4.79 Å². The van der Waals surface area contributed by atoms with Gasteiger partial charge >= 0.3 is 0 Å². The normalized spacial score (nSPS) is 9.82. The van der Waals surface area contributed by atoms with Crippen LogP contribution in [0.1, 0.15) is 19.8 Å². The predicted molar refractivity (Wildman–Crippen MR) is 75.7 cm³/mol. The molecule has 0 unspecified atom stereocenters. The van der Waals surface area contributed by atoms with Crippen LogP contribution in [0.25, 0.3) is 0 Å². The maximum Gasteiger partial charge on any atom is 0.226 e. The Morgan fingerprint density at radius 1 is 1.41 bits per heavy atom. The van der Waals surface area contributed by atoms with Crippen LogP contribution < -0.4 is 10.6 Å². The minimum Gasteiger partial charge on any atom is -0.331 e. The molecule has 0 atom stereocenters. The first-order valence-electron chi connectivity index (χ1n) is 5.08. The van der Waals surface area contributed by atoms with Gasteiger partial charge in [0.2, 0.25) is 5.91 Å². The number of thiocarbonyl (C=S) groups is 1. The topological polar surface area (TPSA) is 41.1 Å². The Morgan fingerprint density at radius 2 is 2.12 bits per heavy atom. The van der Waals surface area contributed by atoms with E-state index in [1.54, 1.807) is 18.2 Å². The van der Waals surface area contributed by atoms with Crippen molar-refractivity contribution in [2.45, 2.75) is 19.8 Å². The van der Waals surface area contributed by atoms with E-state index in [0.717, 1.165) is 6.42 Å². The van der Waals surface area contributed by atoms with Gasteiger partial charge in [-0.1, -0.05) is 30.1 Å². The molecule has 1 aromatic rings. The van der Waals surface area contributed by atoms with Gasteiger partial charge in [-0.15, -0.1) is 0 Å². The van der Waals surface area contributed by atoms with Crippen LogP contribution in [0.15, 0.2) is 18.2 Å². The lowest BCUT2D eigenvalue weighted by Gasteiger charge is -2.10. The van der Waals surface area contributed by atoms with E-state index in [0.29, 0.717) is 22.2 Å². The number of hydrogen-bond acceptors (Lipinski definition) is 2. The summed E-state index contributed by atoms with van der Waals surface area (Å²) in [7, 11) is 0. The highest BCUT2D eigenvalue weighted by molar-refractivity contribution is 7.80. The minimum atomic E-state index is -0.122. The fourth-order valence-electron chi connectivity index (χ4n) is 1.16. The number of nitrogens with one attached hydrogen (secondary N) is 2. The van der Waals surface area contributed by atoms with Gasteiger partial charge in [0.25, 0.3) is 0 Å². The standard InChI is InChI=1S/C11H12Cl2N2OS/c1-2-3-10(16)15-11(17)14-9-6-7(12)4-5-8(9)13/h4-6H,2-3H2,1H3,(H2,14,15,16,17). The maximum absolute atomic E-state index is 11.3. The van der Waals surface area contributed by atoms with E-state index in [-0.39, 0.29) is 11.0 Å². The molecule has 2 N–H and O–H groups in total. The Morgan fingerprint density at radius 3 is 2.76 bits per heavy atom. The van der Waals surface area contributed by atoms with Crippen molar-refractivity contribution in [3.63, 3.8) is 0 Å². The van der Waals surface area contributed by atoms with E-state index in [1.807, 2.05) is 6.92 Å². The first-order chi connectivity index (χ1) is 8.02. The molecule has 0 aliphatic heterocycles. The van der Waals surface area contributed by atoms with E-state index in [1.165, 1.54) is 0 Å². The molecule has 0 saturated carbocycles. The molecule has 0 fully saturated rings. The SMILES string of the molecule is CCCC(=O)NC(=S)Nc1cc(Cl)ccc1Cl. The summed E-state index contributed by atoms with van der Waals surface area (Å²) < 4.78 is 0. The van der Waals surface area contributed by atoms with Crippen LogP contribution in [0.2, 0.25) is 10.0 Å². The van der Waals surface area contributed by atoms with E-state index in [2.05, 4.69) is 10.6 Å². The van der Waals surface area contributed by atoms with Crippen LogP contribution in [-0.4, -0.2) is 11.0 Å². The van der Waals surface area contributed by atoms with Crippen molar-refractivity contribution in [2.75, 3.05) is 5.32 Å². The molecule has 1 rings (SSSR count). The first-order valence-corrected chi connectivity index (χ1v) is 6.25. The van der Waals surface area contributed by atoms with Gasteiger partial charge in [0.1, 0.15) is 0 Å². The van der Waals surface area contributed by atoms with Crippen LogP contribution in [0.3, 0.4) is 0 Å². The lowest BCUT2D eigenvalue weighted by Crippen LogP contribution is -2.33. The number of rotatable bonds is 3. The van der Waals surface area contributed by atoms with E-state index < -0.39 is 0 Å². The van der Waals surface area contributed by atoms with Crippen LogP contribution in [0, 0.1) is 0 Å². The average Bonchev–Trinajstić information content (AvgIpc) is 2.23. The summed E-state index contributed by atoms with van der Waals surface area (Å²) in [6, 6.07) is 4.97. The van der Waals surface area contributed by atoms with Crippen molar-refractivity contribution >= 4 is 52.1 Å². The number of amides is 1. The summed E-state index contributed by atoms with van der Waals surface area (Å²) in [5.74, 6) is -0.122. The number of benzene rings is 1. The third kappa shape index (κ3) is 4.89. The monoisotopic (exact) mass is 290 g/mol. The fourth-order valence-corrected chi connectivity index (χ4v) is 1.72. The zero-order valence-electron chi connectivity index (χ0n) is 9.22. The van der Waals surface area contributed by atoms with Gasteiger partial charge < -0.3 is 10.6 Å². The number of carbonyl (C=O) groups excluding carboxylic acids is 1. The van der Waals surface area contributed by atoms with E-state index in [9.17, 15) is 4.79 Å². The zero-order valence-corrected chi connectivity index (χ0v) is 11.5. The molecule has 0 spiro atoms. The Kier molecular flexibility index (Phi) is 5.68. The van der Waals surface area contributed by atoms with Gasteiger partial charge in [0.05, 0.1) is 10.7 Å². The van der Waals surface area contributed by atoms with Crippen molar-refractivity contribution in [3.8, 4) is 0 Å². The summed E-state index contributed by atoms with van der Waals surface area (Å²) >= 11 is 16.8. The van der Waals surface area contributed by atoms with Gasteiger partial charge in [-0.2, -0.15) is 0 Å². The third-order valence-electron chi connectivity index (χ3n) is 1.91. The number of hydrogen-bond donors (Lipinski definition) is 2. The molecule has 1 aromatic carbocycles. The molecule has 0 heterocycles. The van der Waals surface area contributed by atoms with Gasteiger partial charge in [0.15, 0.2) is 5.11 Å². The lowest BCUT2D eigenvalue weighted by molar-refractivity contribution is -0.119. The molecule has 3 nitrogen and oxygen atoms in total. The van der Waals surface area contributed by atoms with E-state index >= 15 is 0 Å². The highest BCUT2D eigenvalue weighted by Crippen LogP contribution is 2.25. The molecule has 0 saturated heterocycles. The molecule has 92 valence electrons. The molecule has 1 amide bonds. The molecule has 6 heteroatoms. The van der Waals surface area contributed by atoms with Crippen molar-refractivity contribution in [3.05, 3.63) is 28.2 Å². The molecule has 0 aromatic heterocycles. The highest BCUT2D eigenvalue weighted by Gasteiger charge is 2.06. The van der Waals surface area contributed by atoms with Gasteiger partial charge in [-0.3, -0.25) is 4.79 Å². The highest BCUT2D eigenvalue weighted by atomic mass is 35.5. The van der Waals surface area contributed by atoms with Crippen LogP contribution in [0.5, 0.6) is 0 Å². The minimum absolute atomic E-state index is 0.122. The second kappa shape index (κ2) is 6.79. The second-order valence-electron chi connectivity index (χ2n) is 3.38. The van der Waals surface area contributed by atoms with Gasteiger partial charge in [-0.05, 0) is 36.8 Å². The molecule has 17 heavy (non-hydrogen) atoms. The van der Waals surface area contributed by atoms with Crippen LogP contribution in [0.4, 0.5) is 5.69 Å². The third-order valence-corrected chi connectivity index (χ3v) is 2.68. The van der Waals surface area contributed by atoms with Gasteiger partial charge in [0, 0.05) is 11.4 Å². The number of halogens is 2. The lowest BCUT2D eigenvalue weighted by atomic mass is 10.3. The second-order valence-corrected chi connectivity index (χ2v) is 4.63. The zero-order chi connectivity index (χ0) is 12.8. The maximum atomic E-state index is 11.3. The predicted octanol–water partition coefficient (Wildman–Crippen LogP) is 3.61. The summed E-state index contributed by atoms with van der Waals surface area (Å²) in [5.41, 5.74) is 0.570. The summed E-state index contributed by atoms with van der Waals surface area (Å²) in [6.45, 7) is 1.92. The number of anilines is 1. The molecule has 0 aliphatic carbocycles. The summed E-state index contributed by atoms with van der Waals surface area (Å²) in [5, 5.41) is 6.62. The largest absolute Gasteiger partial charge is 0.331 e. The summed E-state index contributed by atoms with van der Waals surface area (Å²) in [4.78, 5) is 11.3. The molecule has 0 bridgehead atoms. The summed E-state index contributed by atoms with van der Waals surface area (Å²) in [6.07, 6.45) is 1.21. The van der Waals surface area contributed by atoms with Crippen molar-refractivity contribution < 1.29 is 4.79 Å². The van der Waals surface area contributed by atoms with Crippen LogP contribution >= 0.6 is 35.4 Å². The first kappa shape index (κ1) is 14.2. The Labute approximate surface area is 115 Å². The Balaban J connectivity index is 2.62. The Bertz CT molecular complexity index is 437. The molecular weight excluding hydrogens is 279 g/mol. The smallest absolute Gasteiger partial charge is 0.226 e. The number of carbonyl (C=O) groups is 1. The quantitative estimate of drug-likeness (QED) is 0.836.